The minimum atomic E-state index is -1.06. The third kappa shape index (κ3) is 4.02. The topological polar surface area (TPSA) is 78.4 Å². The second kappa shape index (κ2) is 6.33. The molecule has 0 spiro atoms. The van der Waals surface area contributed by atoms with Crippen molar-refractivity contribution in [2.75, 3.05) is 11.9 Å². The molecular formula is C13H16Cl2N2O3. The van der Waals surface area contributed by atoms with E-state index in [-0.39, 0.29) is 6.54 Å². The standard InChI is InChI=1S/C13H16Cl2N2O3/c1-7-4-5-8(14)10(9(7)15)17-12(20)16-6-13(2,3)11(18)19/h4-5H,6H2,1-3H3,(H,18,19)(H2,16,17,20). The van der Waals surface area contributed by atoms with Crippen LogP contribution < -0.4 is 10.6 Å². The molecule has 0 unspecified atom stereocenters. The second-order valence-electron chi connectivity index (χ2n) is 5.05. The van der Waals surface area contributed by atoms with Gasteiger partial charge in [-0.15, -0.1) is 0 Å². The normalized spacial score (nSPS) is 11.1. The van der Waals surface area contributed by atoms with Crippen LogP contribution in [0.4, 0.5) is 10.5 Å². The molecule has 7 heteroatoms. The van der Waals surface area contributed by atoms with Crippen LogP contribution in [0.3, 0.4) is 0 Å². The molecule has 0 saturated heterocycles. The molecule has 0 heterocycles. The molecule has 0 aliphatic carbocycles. The maximum atomic E-state index is 11.8. The molecule has 5 nitrogen and oxygen atoms in total. The number of hydrogen-bond donors (Lipinski definition) is 3. The van der Waals surface area contributed by atoms with E-state index in [1.54, 1.807) is 19.1 Å². The minimum Gasteiger partial charge on any atom is -0.481 e. The van der Waals surface area contributed by atoms with Crippen molar-refractivity contribution in [2.24, 2.45) is 5.41 Å². The molecule has 110 valence electrons. The van der Waals surface area contributed by atoms with E-state index >= 15 is 0 Å². The summed E-state index contributed by atoms with van der Waals surface area (Å²) >= 11 is 12.0. The number of amides is 2. The molecule has 0 saturated carbocycles. The number of carbonyl (C=O) groups excluding carboxylic acids is 1. The Morgan fingerprint density at radius 3 is 2.45 bits per heavy atom. The number of nitrogens with one attached hydrogen (secondary N) is 2. The Morgan fingerprint density at radius 1 is 1.30 bits per heavy atom. The molecule has 1 aromatic carbocycles. The summed E-state index contributed by atoms with van der Waals surface area (Å²) in [4.78, 5) is 22.7. The van der Waals surface area contributed by atoms with E-state index in [2.05, 4.69) is 10.6 Å². The molecule has 0 aliphatic heterocycles. The van der Waals surface area contributed by atoms with Crippen LogP contribution in [-0.2, 0) is 4.79 Å². The summed E-state index contributed by atoms with van der Waals surface area (Å²) in [5.74, 6) is -0.996. The number of hydrogen-bond acceptors (Lipinski definition) is 2. The maximum absolute atomic E-state index is 11.8. The van der Waals surface area contributed by atoms with Crippen LogP contribution in [0, 0.1) is 12.3 Å². The number of anilines is 1. The molecule has 0 fully saturated rings. The number of carboxylic acids is 1. The van der Waals surface area contributed by atoms with Crippen LogP contribution in [0.25, 0.3) is 0 Å². The summed E-state index contributed by atoms with van der Waals surface area (Å²) in [5, 5.41) is 14.6. The van der Waals surface area contributed by atoms with Crippen molar-refractivity contribution in [3.8, 4) is 0 Å². The Morgan fingerprint density at radius 2 is 1.90 bits per heavy atom. The summed E-state index contributed by atoms with van der Waals surface area (Å²) in [6.45, 7) is 4.80. The van der Waals surface area contributed by atoms with E-state index in [0.717, 1.165) is 5.56 Å². The number of carbonyl (C=O) groups is 2. The monoisotopic (exact) mass is 318 g/mol. The summed E-state index contributed by atoms with van der Waals surface area (Å²) in [6, 6.07) is 2.80. The van der Waals surface area contributed by atoms with Crippen molar-refractivity contribution >= 4 is 40.9 Å². The molecular weight excluding hydrogens is 303 g/mol. The van der Waals surface area contributed by atoms with Gasteiger partial charge in [0.05, 0.1) is 21.1 Å². The van der Waals surface area contributed by atoms with Crippen molar-refractivity contribution in [1.29, 1.82) is 0 Å². The largest absolute Gasteiger partial charge is 0.481 e. The first-order valence-electron chi connectivity index (χ1n) is 5.88. The van der Waals surface area contributed by atoms with Crippen LogP contribution in [-0.4, -0.2) is 23.7 Å². The van der Waals surface area contributed by atoms with Crippen LogP contribution in [0.1, 0.15) is 19.4 Å². The fraction of sp³-hybridized carbons (Fsp3) is 0.385. The summed E-state index contributed by atoms with van der Waals surface area (Å²) < 4.78 is 0. The quantitative estimate of drug-likeness (QED) is 0.794. The number of rotatable bonds is 4. The Bertz CT molecular complexity index is 545. The summed E-state index contributed by atoms with van der Waals surface area (Å²) in [7, 11) is 0. The van der Waals surface area contributed by atoms with Gasteiger partial charge in [0.25, 0.3) is 0 Å². The number of aryl methyl sites for hydroxylation is 1. The fourth-order valence-electron chi connectivity index (χ4n) is 1.31. The van der Waals surface area contributed by atoms with Crippen LogP contribution in [0.15, 0.2) is 12.1 Å². The van der Waals surface area contributed by atoms with Gasteiger partial charge in [-0.2, -0.15) is 0 Å². The first kappa shape index (κ1) is 16.6. The Kier molecular flexibility index (Phi) is 5.25. The van der Waals surface area contributed by atoms with Gasteiger partial charge in [-0.3, -0.25) is 4.79 Å². The van der Waals surface area contributed by atoms with E-state index in [1.807, 2.05) is 0 Å². The van der Waals surface area contributed by atoms with Crippen molar-refractivity contribution in [2.45, 2.75) is 20.8 Å². The fourth-order valence-corrected chi connectivity index (χ4v) is 1.77. The lowest BCUT2D eigenvalue weighted by Gasteiger charge is -2.20. The molecule has 20 heavy (non-hydrogen) atoms. The maximum Gasteiger partial charge on any atom is 0.319 e. The van der Waals surface area contributed by atoms with E-state index in [0.29, 0.717) is 15.7 Å². The molecule has 0 bridgehead atoms. The van der Waals surface area contributed by atoms with Gasteiger partial charge in [0.15, 0.2) is 0 Å². The van der Waals surface area contributed by atoms with Gasteiger partial charge >= 0.3 is 12.0 Å². The Hall–Kier alpha value is -1.46. The molecule has 0 atom stereocenters. The number of benzene rings is 1. The average Bonchev–Trinajstić information content (AvgIpc) is 2.37. The number of aliphatic carboxylic acids is 1. The highest BCUT2D eigenvalue weighted by Gasteiger charge is 2.27. The van der Waals surface area contributed by atoms with Gasteiger partial charge in [-0.1, -0.05) is 29.3 Å². The molecule has 1 aromatic rings. The van der Waals surface area contributed by atoms with Crippen LogP contribution in [0.2, 0.25) is 10.0 Å². The zero-order valence-corrected chi connectivity index (χ0v) is 12.9. The number of urea groups is 1. The van der Waals surface area contributed by atoms with E-state index in [1.165, 1.54) is 13.8 Å². The first-order chi connectivity index (χ1) is 9.15. The highest BCUT2D eigenvalue weighted by atomic mass is 35.5. The molecule has 0 aliphatic rings. The van der Waals surface area contributed by atoms with Gasteiger partial charge in [0.2, 0.25) is 0 Å². The zero-order valence-electron chi connectivity index (χ0n) is 11.4. The third-order valence-corrected chi connectivity index (χ3v) is 3.59. The lowest BCUT2D eigenvalue weighted by Crippen LogP contribution is -2.40. The minimum absolute atomic E-state index is 0.0186. The lowest BCUT2D eigenvalue weighted by molar-refractivity contribution is -0.146. The van der Waals surface area contributed by atoms with E-state index < -0.39 is 17.4 Å². The van der Waals surface area contributed by atoms with Gasteiger partial charge < -0.3 is 15.7 Å². The van der Waals surface area contributed by atoms with Crippen molar-refractivity contribution in [1.82, 2.24) is 5.32 Å². The van der Waals surface area contributed by atoms with Crippen molar-refractivity contribution in [3.63, 3.8) is 0 Å². The smallest absolute Gasteiger partial charge is 0.319 e. The first-order valence-corrected chi connectivity index (χ1v) is 6.63. The Labute approximate surface area is 127 Å². The number of carboxylic acid groups (broad SMARTS) is 1. The highest BCUT2D eigenvalue weighted by molar-refractivity contribution is 6.40. The van der Waals surface area contributed by atoms with E-state index in [9.17, 15) is 9.59 Å². The number of halogens is 2. The van der Waals surface area contributed by atoms with Gasteiger partial charge in [0, 0.05) is 6.54 Å². The molecule has 0 aromatic heterocycles. The second-order valence-corrected chi connectivity index (χ2v) is 5.84. The molecule has 2 amide bonds. The highest BCUT2D eigenvalue weighted by Crippen LogP contribution is 2.32. The Balaban J connectivity index is 2.73. The van der Waals surface area contributed by atoms with Gasteiger partial charge in [-0.25, -0.2) is 4.79 Å². The third-order valence-electron chi connectivity index (χ3n) is 2.79. The van der Waals surface area contributed by atoms with Crippen molar-refractivity contribution < 1.29 is 14.7 Å². The summed E-state index contributed by atoms with van der Waals surface area (Å²) in [5.41, 5.74) is 0.0218. The zero-order chi connectivity index (χ0) is 15.5. The average molecular weight is 319 g/mol. The molecule has 3 N–H and O–H groups in total. The van der Waals surface area contributed by atoms with Crippen LogP contribution in [0.5, 0.6) is 0 Å². The van der Waals surface area contributed by atoms with Crippen LogP contribution >= 0.6 is 23.2 Å². The predicted octanol–water partition coefficient (Wildman–Crippen LogP) is 3.53. The summed E-state index contributed by atoms with van der Waals surface area (Å²) in [6.07, 6.45) is 0. The molecule has 0 radical (unpaired) electrons. The van der Waals surface area contributed by atoms with E-state index in [4.69, 9.17) is 28.3 Å². The predicted molar refractivity (Wildman–Crippen MR) is 79.6 cm³/mol. The van der Waals surface area contributed by atoms with Gasteiger partial charge in [0.1, 0.15) is 0 Å². The van der Waals surface area contributed by atoms with Crippen molar-refractivity contribution in [3.05, 3.63) is 27.7 Å². The molecule has 1 rings (SSSR count). The van der Waals surface area contributed by atoms with Gasteiger partial charge in [-0.05, 0) is 32.4 Å². The lowest BCUT2D eigenvalue weighted by atomic mass is 9.94. The SMILES string of the molecule is Cc1ccc(Cl)c(NC(=O)NCC(C)(C)C(=O)O)c1Cl.